The van der Waals surface area contributed by atoms with Crippen LogP contribution in [0, 0.1) is 0 Å². The second kappa shape index (κ2) is 5.36. The van der Waals surface area contributed by atoms with Gasteiger partial charge in [0, 0.05) is 20.3 Å². The van der Waals surface area contributed by atoms with Gasteiger partial charge in [-0.15, -0.1) is 0 Å². The number of aryl methyl sites for hydroxylation is 1. The Labute approximate surface area is 99.6 Å². The molecular weight excluding hydrogens is 255 g/mol. The van der Waals surface area contributed by atoms with Crippen molar-refractivity contribution in [2.45, 2.75) is 12.7 Å². The molecule has 0 amide bonds. The van der Waals surface area contributed by atoms with Crippen molar-refractivity contribution in [2.24, 2.45) is 14.1 Å². The van der Waals surface area contributed by atoms with E-state index in [4.69, 9.17) is 0 Å². The fraction of sp³-hybridized carbons (Fsp3) is 0.556. The molecule has 0 aliphatic rings. The van der Waals surface area contributed by atoms with Crippen LogP contribution < -0.4 is 16.7 Å². The minimum Gasteiger partial charge on any atom is -0.303 e. The molecule has 1 heterocycles. The quantitative estimate of drug-likeness (QED) is 0.599. The zero-order valence-electron chi connectivity index (χ0n) is 9.74. The number of aromatic nitrogens is 2. The van der Waals surface area contributed by atoms with E-state index >= 15 is 0 Å². The summed E-state index contributed by atoms with van der Waals surface area (Å²) in [5.41, 5.74) is 1.05. The number of hydroxylamine groups is 1. The molecule has 0 spiro atoms. The van der Waals surface area contributed by atoms with Crippen LogP contribution in [0.1, 0.15) is 5.56 Å². The van der Waals surface area contributed by atoms with E-state index in [0.29, 0.717) is 0 Å². The van der Waals surface area contributed by atoms with E-state index in [9.17, 15) is 22.8 Å². The summed E-state index contributed by atoms with van der Waals surface area (Å²) in [6, 6.07) is 0. The van der Waals surface area contributed by atoms with Crippen LogP contribution >= 0.6 is 0 Å². The first kappa shape index (κ1) is 14.5. The Bertz CT molecular complexity index is 533. The van der Waals surface area contributed by atoms with Gasteiger partial charge in [0.2, 0.25) is 0 Å². The molecule has 102 valence electrons. The molecule has 0 fully saturated rings. The van der Waals surface area contributed by atoms with Crippen LogP contribution in [0.15, 0.2) is 15.8 Å². The van der Waals surface area contributed by atoms with E-state index in [1.807, 2.05) is 5.48 Å². The Balaban J connectivity index is 2.70. The third kappa shape index (κ3) is 3.70. The lowest BCUT2D eigenvalue weighted by Crippen LogP contribution is -2.39. The lowest BCUT2D eigenvalue weighted by Gasteiger charge is -2.09. The van der Waals surface area contributed by atoms with Crippen molar-refractivity contribution in [3.05, 3.63) is 32.6 Å². The van der Waals surface area contributed by atoms with Gasteiger partial charge in [-0.2, -0.15) is 18.7 Å². The predicted octanol–water partition coefficient (Wildman–Crippen LogP) is -0.333. The fourth-order valence-electron chi connectivity index (χ4n) is 1.27. The summed E-state index contributed by atoms with van der Waals surface area (Å²) < 4.78 is 37.3. The highest BCUT2D eigenvalue weighted by Crippen LogP contribution is 2.13. The summed E-state index contributed by atoms with van der Waals surface area (Å²) >= 11 is 0. The van der Waals surface area contributed by atoms with E-state index in [2.05, 4.69) is 4.84 Å². The van der Waals surface area contributed by atoms with Crippen LogP contribution in [0.5, 0.6) is 0 Å². The van der Waals surface area contributed by atoms with E-state index in [1.54, 1.807) is 0 Å². The van der Waals surface area contributed by atoms with Crippen molar-refractivity contribution in [2.75, 3.05) is 6.61 Å². The maximum absolute atomic E-state index is 11.8. The molecule has 9 heteroatoms. The number of hydrogen-bond donors (Lipinski definition) is 1. The van der Waals surface area contributed by atoms with Gasteiger partial charge >= 0.3 is 11.9 Å². The largest absolute Gasteiger partial charge is 0.413 e. The first-order valence-electron chi connectivity index (χ1n) is 4.89. The smallest absolute Gasteiger partial charge is 0.303 e. The topological polar surface area (TPSA) is 65.3 Å². The van der Waals surface area contributed by atoms with Gasteiger partial charge in [0.25, 0.3) is 5.56 Å². The summed E-state index contributed by atoms with van der Waals surface area (Å²) in [4.78, 5) is 27.0. The Morgan fingerprint density at radius 3 is 2.50 bits per heavy atom. The van der Waals surface area contributed by atoms with Gasteiger partial charge in [-0.05, 0) is 0 Å². The maximum Gasteiger partial charge on any atom is 0.413 e. The van der Waals surface area contributed by atoms with Gasteiger partial charge in [-0.3, -0.25) is 14.2 Å². The summed E-state index contributed by atoms with van der Waals surface area (Å²) in [5, 5.41) is 0. The molecule has 0 radical (unpaired) electrons. The van der Waals surface area contributed by atoms with Crippen LogP contribution in [0.3, 0.4) is 0 Å². The summed E-state index contributed by atoms with van der Waals surface area (Å²) in [7, 11) is 2.71. The van der Waals surface area contributed by atoms with Crippen LogP contribution in [-0.4, -0.2) is 21.9 Å². The normalized spacial score (nSPS) is 11.8. The van der Waals surface area contributed by atoms with E-state index < -0.39 is 24.0 Å². The molecule has 0 bridgehead atoms. The molecule has 18 heavy (non-hydrogen) atoms. The zero-order valence-corrected chi connectivity index (χ0v) is 9.74. The Hall–Kier alpha value is -1.61. The highest BCUT2D eigenvalue weighted by molar-refractivity contribution is 5.04. The highest BCUT2D eigenvalue weighted by Gasteiger charge is 2.27. The molecule has 0 aromatic carbocycles. The molecule has 1 aromatic heterocycles. The SMILES string of the molecule is Cn1cc(CNOCC(F)(F)F)c(=O)n(C)c1=O. The number of nitrogens with zero attached hydrogens (tertiary/aromatic N) is 2. The molecule has 1 N–H and O–H groups in total. The molecule has 1 rings (SSSR count). The number of alkyl halides is 3. The molecule has 0 saturated carbocycles. The molecule has 0 atom stereocenters. The second-order valence-corrected chi connectivity index (χ2v) is 3.64. The van der Waals surface area contributed by atoms with Crippen molar-refractivity contribution in [1.82, 2.24) is 14.6 Å². The summed E-state index contributed by atoms with van der Waals surface area (Å²) in [6.07, 6.45) is -3.20. The maximum atomic E-state index is 11.8. The number of nitrogens with one attached hydrogen (secondary N) is 1. The first-order chi connectivity index (χ1) is 8.22. The average Bonchev–Trinajstić information content (AvgIpc) is 2.26. The molecule has 0 unspecified atom stereocenters. The molecule has 1 aromatic rings. The first-order valence-corrected chi connectivity index (χ1v) is 4.89. The third-order valence-corrected chi connectivity index (χ3v) is 2.12. The van der Waals surface area contributed by atoms with Crippen molar-refractivity contribution in [3.63, 3.8) is 0 Å². The monoisotopic (exact) mass is 267 g/mol. The van der Waals surface area contributed by atoms with Gasteiger partial charge in [-0.1, -0.05) is 0 Å². The van der Waals surface area contributed by atoms with Gasteiger partial charge in [0.05, 0.1) is 12.1 Å². The number of rotatable bonds is 4. The number of hydrogen-bond acceptors (Lipinski definition) is 4. The second-order valence-electron chi connectivity index (χ2n) is 3.64. The lowest BCUT2D eigenvalue weighted by molar-refractivity contribution is -0.190. The van der Waals surface area contributed by atoms with Gasteiger partial charge in [0.15, 0.2) is 6.61 Å². The van der Waals surface area contributed by atoms with E-state index in [-0.39, 0.29) is 12.1 Å². The van der Waals surface area contributed by atoms with Crippen LogP contribution in [0.25, 0.3) is 0 Å². The Morgan fingerprint density at radius 2 is 1.94 bits per heavy atom. The van der Waals surface area contributed by atoms with Gasteiger partial charge in [0.1, 0.15) is 0 Å². The van der Waals surface area contributed by atoms with Gasteiger partial charge < -0.3 is 4.57 Å². The Kier molecular flexibility index (Phi) is 4.30. The van der Waals surface area contributed by atoms with Crippen molar-refractivity contribution in [1.29, 1.82) is 0 Å². The molecule has 0 aliphatic carbocycles. The van der Waals surface area contributed by atoms with Crippen molar-refractivity contribution < 1.29 is 18.0 Å². The molecule has 0 saturated heterocycles. The van der Waals surface area contributed by atoms with Crippen LogP contribution in [0.2, 0.25) is 0 Å². The minimum atomic E-state index is -4.44. The fourth-order valence-corrected chi connectivity index (χ4v) is 1.27. The lowest BCUT2D eigenvalue weighted by atomic mass is 10.3. The Morgan fingerprint density at radius 1 is 1.33 bits per heavy atom. The minimum absolute atomic E-state index is 0.127. The average molecular weight is 267 g/mol. The number of halogens is 3. The van der Waals surface area contributed by atoms with Crippen LogP contribution in [-0.2, 0) is 25.5 Å². The molecular formula is C9H12F3N3O3. The standard InChI is InChI=1S/C9H12F3N3O3/c1-14-4-6(7(16)15(2)8(14)17)3-13-18-5-9(10,11)12/h4,13H,3,5H2,1-2H3. The summed E-state index contributed by atoms with van der Waals surface area (Å²) in [5.74, 6) is 0. The van der Waals surface area contributed by atoms with Crippen LogP contribution in [0.4, 0.5) is 13.2 Å². The van der Waals surface area contributed by atoms with E-state index in [0.717, 1.165) is 9.13 Å². The third-order valence-electron chi connectivity index (χ3n) is 2.12. The van der Waals surface area contributed by atoms with Gasteiger partial charge in [-0.25, -0.2) is 4.79 Å². The molecule has 0 aliphatic heterocycles. The van der Waals surface area contributed by atoms with E-state index in [1.165, 1.54) is 20.3 Å². The zero-order chi connectivity index (χ0) is 13.9. The highest BCUT2D eigenvalue weighted by atomic mass is 19.4. The summed E-state index contributed by atoms with van der Waals surface area (Å²) in [6.45, 7) is -1.68. The predicted molar refractivity (Wildman–Crippen MR) is 55.8 cm³/mol. The van der Waals surface area contributed by atoms with Crippen molar-refractivity contribution in [3.8, 4) is 0 Å². The molecule has 6 nitrogen and oxygen atoms in total. The van der Waals surface area contributed by atoms with Crippen molar-refractivity contribution >= 4 is 0 Å².